The second kappa shape index (κ2) is 7.20. The lowest BCUT2D eigenvalue weighted by Crippen LogP contribution is -2.29. The highest BCUT2D eigenvalue weighted by Crippen LogP contribution is 2.39. The fourth-order valence-corrected chi connectivity index (χ4v) is 4.41. The minimum absolute atomic E-state index is 0.0837. The van der Waals surface area contributed by atoms with Gasteiger partial charge in [0.25, 0.3) is 5.91 Å². The summed E-state index contributed by atoms with van der Waals surface area (Å²) in [5, 5.41) is 0.480. The third-order valence-electron chi connectivity index (χ3n) is 5.78. The van der Waals surface area contributed by atoms with Crippen molar-refractivity contribution in [3.63, 3.8) is 0 Å². The Morgan fingerprint density at radius 2 is 1.68 bits per heavy atom. The summed E-state index contributed by atoms with van der Waals surface area (Å²) in [6.07, 6.45) is 0. The highest BCUT2D eigenvalue weighted by Gasteiger charge is 2.42. The standard InChI is InChI=1S/C26H20FNO3/c1-15-12-16(2)24-20(13-15)23(29)21-22(18-6-4-3-5-7-18)28(26(30)25(21)31-24)14-17-8-10-19(27)11-9-17/h3-13,22H,14H2,1-2H3. The Labute approximate surface area is 178 Å². The Morgan fingerprint density at radius 3 is 2.39 bits per heavy atom. The zero-order valence-electron chi connectivity index (χ0n) is 17.2. The summed E-state index contributed by atoms with van der Waals surface area (Å²) in [6.45, 7) is 4.03. The Kier molecular flexibility index (Phi) is 4.47. The van der Waals surface area contributed by atoms with Crippen molar-refractivity contribution in [2.24, 2.45) is 0 Å². The fourth-order valence-electron chi connectivity index (χ4n) is 4.41. The molecule has 154 valence electrons. The lowest BCUT2D eigenvalue weighted by atomic mass is 9.97. The van der Waals surface area contributed by atoms with Gasteiger partial charge in [-0.25, -0.2) is 4.39 Å². The molecular formula is C26H20FNO3. The zero-order valence-corrected chi connectivity index (χ0v) is 17.2. The fraction of sp³-hybridized carbons (Fsp3) is 0.154. The van der Waals surface area contributed by atoms with Crippen molar-refractivity contribution in [2.75, 3.05) is 0 Å². The van der Waals surface area contributed by atoms with Crippen LogP contribution in [-0.4, -0.2) is 10.8 Å². The van der Waals surface area contributed by atoms with Gasteiger partial charge in [0.15, 0.2) is 5.43 Å². The first-order chi connectivity index (χ1) is 14.9. The molecule has 0 bridgehead atoms. The van der Waals surface area contributed by atoms with Crippen molar-refractivity contribution in [2.45, 2.75) is 26.4 Å². The molecule has 0 N–H and O–H groups in total. The largest absolute Gasteiger partial charge is 0.450 e. The predicted octanol–water partition coefficient (Wildman–Crippen LogP) is 5.29. The second-order valence-electron chi connectivity index (χ2n) is 8.01. The number of carbonyl (C=O) groups is 1. The number of nitrogens with zero attached hydrogens (tertiary/aromatic N) is 1. The minimum atomic E-state index is -0.574. The van der Waals surface area contributed by atoms with Gasteiger partial charge in [0, 0.05) is 6.54 Å². The van der Waals surface area contributed by atoms with E-state index in [2.05, 4.69) is 0 Å². The van der Waals surface area contributed by atoms with Gasteiger partial charge in [-0.1, -0.05) is 48.5 Å². The minimum Gasteiger partial charge on any atom is -0.450 e. The van der Waals surface area contributed by atoms with Gasteiger partial charge < -0.3 is 9.32 Å². The van der Waals surface area contributed by atoms with E-state index in [1.807, 2.05) is 56.3 Å². The maximum atomic E-state index is 13.6. The van der Waals surface area contributed by atoms with Crippen LogP contribution in [0.1, 0.15) is 44.4 Å². The molecular weight excluding hydrogens is 393 g/mol. The summed E-state index contributed by atoms with van der Waals surface area (Å²) in [5.41, 5.74) is 3.98. The molecule has 1 aromatic heterocycles. The third-order valence-corrected chi connectivity index (χ3v) is 5.78. The van der Waals surface area contributed by atoms with Gasteiger partial charge in [0.1, 0.15) is 11.4 Å². The molecule has 1 aliphatic rings. The van der Waals surface area contributed by atoms with Crippen LogP contribution in [-0.2, 0) is 6.54 Å². The van der Waals surface area contributed by atoms with Crippen LogP contribution in [0.25, 0.3) is 11.0 Å². The number of benzene rings is 3. The quantitative estimate of drug-likeness (QED) is 0.458. The van der Waals surface area contributed by atoms with Crippen LogP contribution in [0, 0.1) is 19.7 Å². The Bertz CT molecular complexity index is 1370. The number of aryl methyl sites for hydroxylation is 2. The molecule has 0 spiro atoms. The Morgan fingerprint density at radius 1 is 0.968 bits per heavy atom. The first-order valence-corrected chi connectivity index (χ1v) is 10.1. The van der Waals surface area contributed by atoms with Crippen molar-refractivity contribution in [1.82, 2.24) is 4.90 Å². The second-order valence-corrected chi connectivity index (χ2v) is 8.01. The van der Waals surface area contributed by atoms with Crippen molar-refractivity contribution in [1.29, 1.82) is 0 Å². The van der Waals surface area contributed by atoms with Crippen molar-refractivity contribution in [3.05, 3.63) is 116 Å². The highest BCUT2D eigenvalue weighted by molar-refractivity contribution is 5.99. The first-order valence-electron chi connectivity index (χ1n) is 10.1. The number of fused-ring (bicyclic) bond motifs is 2. The van der Waals surface area contributed by atoms with E-state index in [9.17, 15) is 14.0 Å². The molecule has 1 aliphatic heterocycles. The van der Waals surface area contributed by atoms with Gasteiger partial charge in [0.05, 0.1) is 17.0 Å². The molecule has 5 rings (SSSR count). The van der Waals surface area contributed by atoms with E-state index < -0.39 is 6.04 Å². The van der Waals surface area contributed by atoms with E-state index in [4.69, 9.17) is 4.42 Å². The van der Waals surface area contributed by atoms with E-state index >= 15 is 0 Å². The number of rotatable bonds is 3. The van der Waals surface area contributed by atoms with E-state index in [1.54, 1.807) is 17.0 Å². The van der Waals surface area contributed by atoms with E-state index in [0.29, 0.717) is 16.5 Å². The van der Waals surface area contributed by atoms with Gasteiger partial charge in [-0.3, -0.25) is 9.59 Å². The molecule has 1 amide bonds. The smallest absolute Gasteiger partial charge is 0.291 e. The lowest BCUT2D eigenvalue weighted by Gasteiger charge is -2.25. The zero-order chi connectivity index (χ0) is 21.7. The monoisotopic (exact) mass is 413 g/mol. The maximum absolute atomic E-state index is 13.6. The molecule has 4 nitrogen and oxygen atoms in total. The summed E-state index contributed by atoms with van der Waals surface area (Å²) < 4.78 is 19.5. The molecule has 31 heavy (non-hydrogen) atoms. The number of amides is 1. The van der Waals surface area contributed by atoms with E-state index in [1.165, 1.54) is 12.1 Å². The van der Waals surface area contributed by atoms with Gasteiger partial charge >= 0.3 is 0 Å². The molecule has 1 unspecified atom stereocenters. The number of carbonyl (C=O) groups excluding carboxylic acids is 1. The average Bonchev–Trinajstić information content (AvgIpc) is 3.03. The van der Waals surface area contributed by atoms with E-state index in [-0.39, 0.29) is 29.5 Å². The number of halogens is 1. The predicted molar refractivity (Wildman–Crippen MR) is 117 cm³/mol. The number of hydrogen-bond acceptors (Lipinski definition) is 3. The molecule has 2 heterocycles. The lowest BCUT2D eigenvalue weighted by molar-refractivity contribution is 0.0714. The SMILES string of the molecule is Cc1cc(C)c2oc3c(c(=O)c2c1)C(c1ccccc1)N(Cc1ccc(F)cc1)C3=O. The molecule has 3 aromatic carbocycles. The van der Waals surface area contributed by atoms with Crippen LogP contribution < -0.4 is 5.43 Å². The normalized spacial score (nSPS) is 15.5. The van der Waals surface area contributed by atoms with Crippen LogP contribution in [0.2, 0.25) is 0 Å². The van der Waals surface area contributed by atoms with Gasteiger partial charge in [0.2, 0.25) is 5.76 Å². The topological polar surface area (TPSA) is 50.5 Å². The molecule has 5 heteroatoms. The summed E-state index contributed by atoms with van der Waals surface area (Å²) in [6, 6.07) is 18.6. The van der Waals surface area contributed by atoms with Crippen LogP contribution in [0.4, 0.5) is 4.39 Å². The summed E-state index contributed by atoms with van der Waals surface area (Å²) in [4.78, 5) is 28.7. The van der Waals surface area contributed by atoms with Gasteiger partial charge in [-0.15, -0.1) is 0 Å². The molecule has 0 saturated heterocycles. The summed E-state index contributed by atoms with van der Waals surface area (Å²) >= 11 is 0. The molecule has 0 fully saturated rings. The maximum Gasteiger partial charge on any atom is 0.291 e. The Hall–Kier alpha value is -3.73. The van der Waals surface area contributed by atoms with E-state index in [0.717, 1.165) is 22.3 Å². The Balaban J connectivity index is 1.74. The molecule has 0 radical (unpaired) electrons. The average molecular weight is 413 g/mol. The van der Waals surface area contributed by atoms with Crippen molar-refractivity contribution < 1.29 is 13.6 Å². The molecule has 0 aliphatic carbocycles. The summed E-state index contributed by atoms with van der Waals surface area (Å²) in [5.74, 6) is -0.596. The highest BCUT2D eigenvalue weighted by atomic mass is 19.1. The van der Waals surface area contributed by atoms with Crippen LogP contribution in [0.15, 0.2) is 75.9 Å². The van der Waals surface area contributed by atoms with Crippen molar-refractivity contribution >= 4 is 16.9 Å². The molecule has 1 atom stereocenters. The van der Waals surface area contributed by atoms with Crippen LogP contribution in [0.3, 0.4) is 0 Å². The molecule has 0 saturated carbocycles. The first kappa shape index (κ1) is 19.2. The third kappa shape index (κ3) is 3.13. The van der Waals surface area contributed by atoms with Gasteiger partial charge in [-0.05, 0) is 54.3 Å². The number of hydrogen-bond donors (Lipinski definition) is 0. The molecule has 4 aromatic rings. The van der Waals surface area contributed by atoms with Crippen LogP contribution in [0.5, 0.6) is 0 Å². The van der Waals surface area contributed by atoms with Crippen molar-refractivity contribution in [3.8, 4) is 0 Å². The van der Waals surface area contributed by atoms with Crippen LogP contribution >= 0.6 is 0 Å². The summed E-state index contributed by atoms with van der Waals surface area (Å²) in [7, 11) is 0. The van der Waals surface area contributed by atoms with Gasteiger partial charge in [-0.2, -0.15) is 0 Å².